The maximum Gasteiger partial charge on any atom is 0.122 e. The van der Waals surface area contributed by atoms with Gasteiger partial charge in [-0.1, -0.05) is 12.1 Å². The van der Waals surface area contributed by atoms with Crippen LogP contribution >= 0.6 is 12.4 Å². The molecule has 1 aromatic carbocycles. The van der Waals surface area contributed by atoms with Gasteiger partial charge in [-0.05, 0) is 61.8 Å². The van der Waals surface area contributed by atoms with Crippen molar-refractivity contribution in [3.63, 3.8) is 0 Å². The third-order valence-electron chi connectivity index (χ3n) is 4.05. The number of methoxy groups -OCH3 is 1. The van der Waals surface area contributed by atoms with E-state index in [1.807, 2.05) is 0 Å². The summed E-state index contributed by atoms with van der Waals surface area (Å²) in [6.45, 7) is 1.22. The second-order valence-corrected chi connectivity index (χ2v) is 5.39. The molecule has 0 aromatic heterocycles. The molecule has 18 heavy (non-hydrogen) atoms. The van der Waals surface area contributed by atoms with E-state index in [0.29, 0.717) is 6.04 Å². The lowest BCUT2D eigenvalue weighted by molar-refractivity contribution is 0.392. The van der Waals surface area contributed by atoms with Gasteiger partial charge in [0.25, 0.3) is 0 Å². The number of aryl methyl sites for hydroxylation is 1. The Kier molecular flexibility index (Phi) is 4.52. The summed E-state index contributed by atoms with van der Waals surface area (Å²) in [5.74, 6) is 2.04. The SMILES string of the molecule is COc1cccc2c1CC(NCC1CC1)CC2.Cl. The van der Waals surface area contributed by atoms with E-state index in [4.69, 9.17) is 4.74 Å². The summed E-state index contributed by atoms with van der Waals surface area (Å²) in [5.41, 5.74) is 2.91. The predicted molar refractivity (Wildman–Crippen MR) is 76.8 cm³/mol. The van der Waals surface area contributed by atoms with Crippen LogP contribution in [0.3, 0.4) is 0 Å². The number of ether oxygens (including phenoxy) is 1. The molecule has 0 aliphatic heterocycles. The molecule has 2 aliphatic rings. The highest BCUT2D eigenvalue weighted by atomic mass is 35.5. The molecule has 0 heterocycles. The molecule has 3 rings (SSSR count). The molecule has 100 valence electrons. The average molecular weight is 268 g/mol. The summed E-state index contributed by atoms with van der Waals surface area (Å²) in [4.78, 5) is 0. The summed E-state index contributed by atoms with van der Waals surface area (Å²) in [6.07, 6.45) is 6.45. The Morgan fingerprint density at radius 3 is 2.83 bits per heavy atom. The number of rotatable bonds is 4. The van der Waals surface area contributed by atoms with E-state index in [-0.39, 0.29) is 12.4 Å². The van der Waals surface area contributed by atoms with Crippen molar-refractivity contribution in [1.29, 1.82) is 0 Å². The average Bonchev–Trinajstić information content (AvgIpc) is 3.19. The van der Waals surface area contributed by atoms with Gasteiger partial charge in [0.15, 0.2) is 0 Å². The summed E-state index contributed by atoms with van der Waals surface area (Å²) >= 11 is 0. The highest BCUT2D eigenvalue weighted by molar-refractivity contribution is 5.85. The molecule has 2 nitrogen and oxygen atoms in total. The van der Waals surface area contributed by atoms with E-state index in [9.17, 15) is 0 Å². The predicted octanol–water partition coefficient (Wildman–Crippen LogP) is 2.97. The van der Waals surface area contributed by atoms with E-state index in [2.05, 4.69) is 23.5 Å². The molecule has 1 aromatic rings. The fourth-order valence-corrected chi connectivity index (χ4v) is 2.78. The highest BCUT2D eigenvalue weighted by Crippen LogP contribution is 2.31. The first-order valence-electron chi connectivity index (χ1n) is 6.75. The minimum atomic E-state index is 0. The zero-order valence-corrected chi connectivity index (χ0v) is 11.8. The van der Waals surface area contributed by atoms with Crippen LogP contribution in [-0.2, 0) is 12.8 Å². The minimum Gasteiger partial charge on any atom is -0.496 e. The molecule has 1 unspecified atom stereocenters. The summed E-state index contributed by atoms with van der Waals surface area (Å²) in [7, 11) is 1.77. The third kappa shape index (κ3) is 2.99. The molecular weight excluding hydrogens is 246 g/mol. The Morgan fingerprint density at radius 1 is 1.28 bits per heavy atom. The topological polar surface area (TPSA) is 21.3 Å². The van der Waals surface area contributed by atoms with E-state index >= 15 is 0 Å². The Bertz CT molecular complexity index is 389. The van der Waals surface area contributed by atoms with Gasteiger partial charge in [-0.3, -0.25) is 0 Å². The minimum absolute atomic E-state index is 0. The van der Waals surface area contributed by atoms with Crippen LogP contribution in [0.1, 0.15) is 30.4 Å². The molecule has 1 saturated carbocycles. The van der Waals surface area contributed by atoms with Crippen LogP contribution in [0.25, 0.3) is 0 Å². The summed E-state index contributed by atoms with van der Waals surface area (Å²) < 4.78 is 5.47. The van der Waals surface area contributed by atoms with Gasteiger partial charge in [-0.15, -0.1) is 12.4 Å². The normalized spacial score (nSPS) is 21.9. The Labute approximate surface area is 116 Å². The van der Waals surface area contributed by atoms with Crippen molar-refractivity contribution in [3.8, 4) is 5.75 Å². The monoisotopic (exact) mass is 267 g/mol. The van der Waals surface area contributed by atoms with Gasteiger partial charge >= 0.3 is 0 Å². The van der Waals surface area contributed by atoms with Gasteiger partial charge in [-0.25, -0.2) is 0 Å². The van der Waals surface area contributed by atoms with Crippen molar-refractivity contribution in [1.82, 2.24) is 5.32 Å². The van der Waals surface area contributed by atoms with E-state index < -0.39 is 0 Å². The molecule has 0 radical (unpaired) electrons. The summed E-state index contributed by atoms with van der Waals surface area (Å²) in [5, 5.41) is 3.72. The first-order valence-corrected chi connectivity index (χ1v) is 6.75. The number of fused-ring (bicyclic) bond motifs is 1. The third-order valence-corrected chi connectivity index (χ3v) is 4.05. The van der Waals surface area contributed by atoms with Gasteiger partial charge in [0, 0.05) is 6.04 Å². The quantitative estimate of drug-likeness (QED) is 0.906. The lowest BCUT2D eigenvalue weighted by Crippen LogP contribution is -2.35. The van der Waals surface area contributed by atoms with Gasteiger partial charge in [0.1, 0.15) is 5.75 Å². The van der Waals surface area contributed by atoms with Gasteiger partial charge < -0.3 is 10.1 Å². The lowest BCUT2D eigenvalue weighted by Gasteiger charge is -2.27. The molecule has 1 N–H and O–H groups in total. The largest absolute Gasteiger partial charge is 0.496 e. The molecule has 2 aliphatic carbocycles. The van der Waals surface area contributed by atoms with E-state index in [0.717, 1.165) is 18.1 Å². The number of benzene rings is 1. The number of hydrogen-bond donors (Lipinski definition) is 1. The number of nitrogens with one attached hydrogen (secondary N) is 1. The first-order chi connectivity index (χ1) is 8.36. The Morgan fingerprint density at radius 2 is 2.11 bits per heavy atom. The van der Waals surface area contributed by atoms with Crippen LogP contribution in [0.15, 0.2) is 18.2 Å². The van der Waals surface area contributed by atoms with Crippen LogP contribution in [0, 0.1) is 5.92 Å². The second kappa shape index (κ2) is 5.94. The molecule has 1 atom stereocenters. The smallest absolute Gasteiger partial charge is 0.122 e. The maximum atomic E-state index is 5.47. The molecule has 3 heteroatoms. The van der Waals surface area contributed by atoms with Crippen LogP contribution in [0.2, 0.25) is 0 Å². The lowest BCUT2D eigenvalue weighted by atomic mass is 9.87. The fraction of sp³-hybridized carbons (Fsp3) is 0.600. The van der Waals surface area contributed by atoms with Gasteiger partial charge in [-0.2, -0.15) is 0 Å². The number of halogens is 1. The van der Waals surface area contributed by atoms with Crippen molar-refractivity contribution >= 4 is 12.4 Å². The van der Waals surface area contributed by atoms with Crippen molar-refractivity contribution in [2.75, 3.05) is 13.7 Å². The van der Waals surface area contributed by atoms with Gasteiger partial charge in [0.2, 0.25) is 0 Å². The Hall–Kier alpha value is -0.730. The Balaban J connectivity index is 0.00000120. The second-order valence-electron chi connectivity index (χ2n) is 5.39. The molecule has 0 saturated heterocycles. The summed E-state index contributed by atoms with van der Waals surface area (Å²) in [6, 6.07) is 7.09. The molecular formula is C15H22ClNO. The van der Waals surface area contributed by atoms with Crippen molar-refractivity contribution < 1.29 is 4.74 Å². The highest BCUT2D eigenvalue weighted by Gasteiger charge is 2.25. The molecule has 1 fully saturated rings. The van der Waals surface area contributed by atoms with Crippen LogP contribution in [-0.4, -0.2) is 19.7 Å². The zero-order valence-electron chi connectivity index (χ0n) is 10.9. The van der Waals surface area contributed by atoms with E-state index in [1.54, 1.807) is 7.11 Å². The first kappa shape index (κ1) is 13.7. The van der Waals surface area contributed by atoms with Crippen molar-refractivity contribution in [2.24, 2.45) is 5.92 Å². The maximum absolute atomic E-state index is 5.47. The van der Waals surface area contributed by atoms with Crippen molar-refractivity contribution in [2.45, 2.75) is 38.1 Å². The van der Waals surface area contributed by atoms with Crippen LogP contribution < -0.4 is 10.1 Å². The van der Waals surface area contributed by atoms with E-state index in [1.165, 1.54) is 43.4 Å². The van der Waals surface area contributed by atoms with Crippen LogP contribution in [0.4, 0.5) is 0 Å². The zero-order chi connectivity index (χ0) is 11.7. The van der Waals surface area contributed by atoms with Crippen molar-refractivity contribution in [3.05, 3.63) is 29.3 Å². The molecule has 0 spiro atoms. The standard InChI is InChI=1S/C15H21NO.ClH/c1-17-15-4-2-3-12-7-8-13(9-14(12)15)16-10-11-5-6-11;/h2-4,11,13,16H,5-10H2,1H3;1H. The van der Waals surface area contributed by atoms with Crippen LogP contribution in [0.5, 0.6) is 5.75 Å². The van der Waals surface area contributed by atoms with Gasteiger partial charge in [0.05, 0.1) is 7.11 Å². The molecule has 0 bridgehead atoms. The number of hydrogen-bond acceptors (Lipinski definition) is 2. The fourth-order valence-electron chi connectivity index (χ4n) is 2.78. The molecule has 0 amide bonds.